The summed E-state index contributed by atoms with van der Waals surface area (Å²) in [4.78, 5) is 49.1. The van der Waals surface area contributed by atoms with Gasteiger partial charge in [0.2, 0.25) is 11.8 Å². The van der Waals surface area contributed by atoms with Crippen molar-refractivity contribution >= 4 is 45.9 Å². The van der Waals surface area contributed by atoms with Crippen LogP contribution < -0.4 is 4.90 Å². The molecule has 2 aromatic rings. The van der Waals surface area contributed by atoms with Gasteiger partial charge in [0.1, 0.15) is 6.04 Å². The number of nitrogens with zero attached hydrogens (tertiary/aromatic N) is 3. The van der Waals surface area contributed by atoms with Gasteiger partial charge in [-0.25, -0.2) is 0 Å². The number of thioether (sulfide) groups is 1. The van der Waals surface area contributed by atoms with Crippen LogP contribution in [0.5, 0.6) is 0 Å². The summed E-state index contributed by atoms with van der Waals surface area (Å²) in [6.07, 6.45) is 9.60. The molecule has 1 spiro atoms. The molecular weight excluding hydrogens is 546 g/mol. The van der Waals surface area contributed by atoms with Gasteiger partial charge in [0.05, 0.1) is 29.2 Å². The van der Waals surface area contributed by atoms with Gasteiger partial charge in [0.15, 0.2) is 0 Å². The Morgan fingerprint density at radius 1 is 0.952 bits per heavy atom. The van der Waals surface area contributed by atoms with Crippen LogP contribution in [0.25, 0.3) is 10.8 Å². The normalized spacial score (nSPS) is 31.4. The number of amides is 3. The summed E-state index contributed by atoms with van der Waals surface area (Å²) in [5.41, 5.74) is 0.772. The number of fused-ring (bicyclic) bond motifs is 3. The standard InChI is InChI=1S/C34H41N3O4S/c1-5-16-35-17-8-14-33(4)27(30(35)39)28-31(40)37(26(21-38)19-22(2)3)29-32(41)36(18-9-15-34(28,29)42-33)25-13-12-23-10-6-7-11-24(23)20-25/h6-15,20,22,26-29,38H,5,16-19,21H2,1-4H3/t26-,27+,28+,29?,33-,34+/m1/s1. The Labute approximate surface area is 252 Å². The van der Waals surface area contributed by atoms with Crippen molar-refractivity contribution in [2.45, 2.75) is 62.1 Å². The third kappa shape index (κ3) is 4.41. The van der Waals surface area contributed by atoms with Crippen LogP contribution in [0.1, 0.15) is 40.5 Å². The molecule has 2 fully saturated rings. The number of carbonyl (C=O) groups excluding carboxylic acids is 3. The summed E-state index contributed by atoms with van der Waals surface area (Å²) in [5, 5.41) is 12.7. The van der Waals surface area contributed by atoms with Crippen molar-refractivity contribution in [1.82, 2.24) is 9.80 Å². The largest absolute Gasteiger partial charge is 0.394 e. The lowest BCUT2D eigenvalue weighted by Crippen LogP contribution is -2.57. The molecule has 0 saturated carbocycles. The number of likely N-dealkylation sites (tertiary alicyclic amines) is 1. The van der Waals surface area contributed by atoms with E-state index < -0.39 is 33.4 Å². The van der Waals surface area contributed by atoms with Crippen LogP contribution in [0, 0.1) is 17.8 Å². The average Bonchev–Trinajstić information content (AvgIpc) is 3.24. The smallest absolute Gasteiger partial charge is 0.251 e. The lowest BCUT2D eigenvalue weighted by Gasteiger charge is -2.40. The first-order chi connectivity index (χ1) is 20.1. The SMILES string of the molecule is CCCN1CC=C[C@@]2(C)S[C@]34C=CCN(c5ccc6ccccc6c5)C(=O)C3N([C@@H](CO)CC(C)C)C(=O)[C@@H]4[C@H]2C1=O. The molecule has 4 heterocycles. The van der Waals surface area contributed by atoms with E-state index in [1.54, 1.807) is 21.6 Å². The number of hydrogen-bond donors (Lipinski definition) is 1. The number of anilines is 1. The Morgan fingerprint density at radius 3 is 2.40 bits per heavy atom. The summed E-state index contributed by atoms with van der Waals surface area (Å²) < 4.78 is -1.57. The van der Waals surface area contributed by atoms with E-state index in [1.165, 1.54) is 0 Å². The molecule has 0 radical (unpaired) electrons. The van der Waals surface area contributed by atoms with Crippen LogP contribution in [-0.2, 0) is 14.4 Å². The molecule has 6 rings (SSSR count). The predicted octanol–water partition coefficient (Wildman–Crippen LogP) is 4.65. The first-order valence-corrected chi connectivity index (χ1v) is 16.0. The zero-order valence-corrected chi connectivity index (χ0v) is 25.7. The van der Waals surface area contributed by atoms with Crippen molar-refractivity contribution in [3.8, 4) is 0 Å². The molecule has 7 nitrogen and oxygen atoms in total. The minimum Gasteiger partial charge on any atom is -0.394 e. The number of rotatable bonds is 7. The average molecular weight is 588 g/mol. The lowest BCUT2D eigenvalue weighted by atomic mass is 9.74. The van der Waals surface area contributed by atoms with Gasteiger partial charge >= 0.3 is 0 Å². The summed E-state index contributed by atoms with van der Waals surface area (Å²) in [6.45, 7) is 9.50. The van der Waals surface area contributed by atoms with Crippen molar-refractivity contribution in [3.05, 3.63) is 66.8 Å². The van der Waals surface area contributed by atoms with E-state index in [-0.39, 0.29) is 30.2 Å². The molecule has 1 N–H and O–H groups in total. The van der Waals surface area contributed by atoms with E-state index in [1.807, 2.05) is 53.4 Å². The van der Waals surface area contributed by atoms with Crippen molar-refractivity contribution in [2.24, 2.45) is 17.8 Å². The van der Waals surface area contributed by atoms with Gasteiger partial charge in [0, 0.05) is 30.1 Å². The number of aliphatic hydroxyl groups is 1. The molecular formula is C34H41N3O4S. The molecule has 1 unspecified atom stereocenters. The Bertz CT molecular complexity index is 1470. The van der Waals surface area contributed by atoms with Gasteiger partial charge in [-0.1, -0.05) is 75.4 Å². The monoisotopic (exact) mass is 587 g/mol. The number of carbonyl (C=O) groups is 3. The second-order valence-corrected chi connectivity index (χ2v) is 14.6. The minimum absolute atomic E-state index is 0.0198. The molecule has 3 amide bonds. The molecule has 4 aliphatic rings. The summed E-state index contributed by atoms with van der Waals surface area (Å²) in [7, 11) is 0. The maximum atomic E-state index is 14.9. The van der Waals surface area contributed by atoms with Crippen LogP contribution in [0.3, 0.4) is 0 Å². The summed E-state index contributed by atoms with van der Waals surface area (Å²) >= 11 is 1.59. The van der Waals surface area contributed by atoms with Gasteiger partial charge in [-0.3, -0.25) is 14.4 Å². The molecule has 2 aromatic carbocycles. The highest BCUT2D eigenvalue weighted by atomic mass is 32.2. The van der Waals surface area contributed by atoms with Gasteiger partial charge in [0.25, 0.3) is 5.91 Å². The molecule has 2 saturated heterocycles. The molecule has 8 heteroatoms. The zero-order chi connectivity index (χ0) is 29.8. The molecule has 6 atom stereocenters. The highest BCUT2D eigenvalue weighted by Crippen LogP contribution is 2.66. The maximum absolute atomic E-state index is 14.9. The van der Waals surface area contributed by atoms with E-state index in [0.29, 0.717) is 26.1 Å². The van der Waals surface area contributed by atoms with E-state index >= 15 is 0 Å². The molecule has 0 aromatic heterocycles. The quantitative estimate of drug-likeness (QED) is 0.478. The van der Waals surface area contributed by atoms with Crippen LogP contribution in [0.2, 0.25) is 0 Å². The fourth-order valence-corrected chi connectivity index (χ4v) is 9.92. The second kappa shape index (κ2) is 10.9. The Kier molecular flexibility index (Phi) is 7.50. The van der Waals surface area contributed by atoms with Crippen LogP contribution in [0.4, 0.5) is 5.69 Å². The first-order valence-electron chi connectivity index (χ1n) is 15.2. The fourth-order valence-electron chi connectivity index (χ4n) is 7.77. The topological polar surface area (TPSA) is 81.2 Å². The highest BCUT2D eigenvalue weighted by Gasteiger charge is 2.74. The zero-order valence-electron chi connectivity index (χ0n) is 24.9. The Balaban J connectivity index is 1.50. The lowest BCUT2D eigenvalue weighted by molar-refractivity contribution is -0.145. The van der Waals surface area contributed by atoms with Crippen molar-refractivity contribution in [2.75, 3.05) is 31.1 Å². The van der Waals surface area contributed by atoms with Crippen molar-refractivity contribution < 1.29 is 19.5 Å². The molecule has 222 valence electrons. The van der Waals surface area contributed by atoms with E-state index in [9.17, 15) is 19.5 Å². The highest BCUT2D eigenvalue weighted by molar-refractivity contribution is 8.02. The minimum atomic E-state index is -0.932. The number of hydrogen-bond acceptors (Lipinski definition) is 5. The Hall–Kier alpha value is -3.10. The molecule has 0 bridgehead atoms. The second-order valence-electron chi connectivity index (χ2n) is 12.8. The van der Waals surface area contributed by atoms with E-state index in [4.69, 9.17) is 0 Å². The van der Waals surface area contributed by atoms with Gasteiger partial charge < -0.3 is 19.8 Å². The third-order valence-corrected chi connectivity index (χ3v) is 11.3. The molecule has 0 aliphatic carbocycles. The van der Waals surface area contributed by atoms with Gasteiger partial charge in [-0.2, -0.15) is 0 Å². The third-order valence-electron chi connectivity index (χ3n) is 9.46. The number of aliphatic hydroxyl groups excluding tert-OH is 1. The summed E-state index contributed by atoms with van der Waals surface area (Å²) in [6, 6.07) is 12.7. The van der Waals surface area contributed by atoms with Crippen molar-refractivity contribution in [3.63, 3.8) is 0 Å². The van der Waals surface area contributed by atoms with E-state index in [0.717, 1.165) is 22.9 Å². The van der Waals surface area contributed by atoms with Crippen LogP contribution in [0.15, 0.2) is 66.8 Å². The maximum Gasteiger partial charge on any atom is 0.251 e. The number of benzene rings is 2. The van der Waals surface area contributed by atoms with Crippen LogP contribution in [-0.4, -0.2) is 80.4 Å². The van der Waals surface area contributed by atoms with Gasteiger partial charge in [-0.05, 0) is 48.6 Å². The molecule has 42 heavy (non-hydrogen) atoms. The first kappa shape index (κ1) is 29.0. The molecule has 4 aliphatic heterocycles. The van der Waals surface area contributed by atoms with E-state index in [2.05, 4.69) is 45.9 Å². The van der Waals surface area contributed by atoms with Crippen molar-refractivity contribution in [1.29, 1.82) is 0 Å². The van der Waals surface area contributed by atoms with Crippen LogP contribution >= 0.6 is 11.8 Å². The fraction of sp³-hybridized carbons (Fsp3) is 0.500. The predicted molar refractivity (Wildman–Crippen MR) is 168 cm³/mol. The Morgan fingerprint density at radius 2 is 1.69 bits per heavy atom. The van der Waals surface area contributed by atoms with Gasteiger partial charge in [-0.15, -0.1) is 11.8 Å². The summed E-state index contributed by atoms with van der Waals surface area (Å²) in [5.74, 6) is -1.48.